The Balaban J connectivity index is 0.000000293. The van der Waals surface area contributed by atoms with Crippen molar-refractivity contribution in [1.29, 1.82) is 0 Å². The Morgan fingerprint density at radius 3 is 1.58 bits per heavy atom. The molecule has 0 spiro atoms. The van der Waals surface area contributed by atoms with E-state index in [1.807, 2.05) is 12.2 Å². The van der Waals surface area contributed by atoms with Crippen LogP contribution in [0.15, 0.2) is 97.1 Å². The van der Waals surface area contributed by atoms with Crippen molar-refractivity contribution in [1.82, 2.24) is 0 Å². The van der Waals surface area contributed by atoms with Crippen LogP contribution in [-0.4, -0.2) is 19.4 Å². The van der Waals surface area contributed by atoms with Crippen molar-refractivity contribution < 1.29 is 49.0 Å². The van der Waals surface area contributed by atoms with E-state index in [9.17, 15) is 0 Å². The molecular weight excluding hydrogens is 759 g/mol. The molecule has 0 aliphatic heterocycles. The van der Waals surface area contributed by atoms with Gasteiger partial charge in [0.2, 0.25) is 0 Å². The van der Waals surface area contributed by atoms with E-state index in [0.29, 0.717) is 0 Å². The predicted octanol–water partition coefficient (Wildman–Crippen LogP) is 4.86. The third-order valence-electron chi connectivity index (χ3n) is 9.19. The number of fused-ring (bicyclic) bond motifs is 3. The average molecular weight is 815 g/mol. The Morgan fingerprint density at radius 1 is 0.680 bits per heavy atom. The predicted molar refractivity (Wildman–Crippen MR) is 215 cm³/mol. The minimum absolute atomic E-state index is 0. The van der Waals surface area contributed by atoms with Gasteiger partial charge in [-0.15, -0.1) is 12.0 Å². The number of halogens is 2. The van der Waals surface area contributed by atoms with E-state index in [1.54, 1.807) is 0 Å². The van der Waals surface area contributed by atoms with Crippen molar-refractivity contribution in [2.24, 2.45) is 0 Å². The average Bonchev–Trinajstić information content (AvgIpc) is 3.71. The maximum absolute atomic E-state index is 3.55. The van der Waals surface area contributed by atoms with Gasteiger partial charge in [-0.05, 0) is 23.0 Å². The minimum Gasteiger partial charge on any atom is -1.00 e. The van der Waals surface area contributed by atoms with Gasteiger partial charge in [-0.2, -0.15) is 35.4 Å². The van der Waals surface area contributed by atoms with Crippen molar-refractivity contribution in [2.75, 3.05) is 0 Å². The molecule has 4 aromatic rings. The van der Waals surface area contributed by atoms with E-state index >= 15 is 0 Å². The molecule has 0 bridgehead atoms. The Morgan fingerprint density at radius 2 is 1.20 bits per heavy atom. The molecule has 50 heavy (non-hydrogen) atoms. The van der Waals surface area contributed by atoms with Gasteiger partial charge in [0.25, 0.3) is 0 Å². The molecule has 0 saturated heterocycles. The standard InChI is InChI=1S/C21H25.C19H26Si2.C5H5.2ClH.Zr/c1-20(2,3)15-11-10-14-12-18-16(17(14)13-15)8-7-9-19(18)21(4,5)6;1-20(2,3)18-11-7-16(8-12-18)15-17-9-13-19(14-10-17)21(4,5)6;1-2-4-5-3-1;;;/h7-9,11,13H,12H2,1-6H3;7-14H,1-6H3;1-3H,4H2;2*1H;/q-1;;-1;;;+2/p-2. The monoisotopic (exact) mass is 812 g/mol. The molecule has 5 heteroatoms. The largest absolute Gasteiger partial charge is 1.00 e. The van der Waals surface area contributed by atoms with Crippen molar-refractivity contribution >= 4 is 29.7 Å². The van der Waals surface area contributed by atoms with Crippen molar-refractivity contribution in [3.8, 4) is 11.1 Å². The van der Waals surface area contributed by atoms with Crippen LogP contribution in [0.3, 0.4) is 0 Å². The van der Waals surface area contributed by atoms with Gasteiger partial charge >= 0.3 is 153 Å². The van der Waals surface area contributed by atoms with E-state index in [1.165, 1.54) is 82.3 Å². The normalized spacial score (nSPS) is 13.1. The van der Waals surface area contributed by atoms with Gasteiger partial charge < -0.3 is 24.8 Å². The molecular formula is C45H56Cl2Si2Zr-2. The number of allylic oxidation sites excluding steroid dienone is 4. The number of hydrogen-bond acceptors (Lipinski definition) is 0. The van der Waals surface area contributed by atoms with Gasteiger partial charge in [0, 0.05) is 0 Å². The molecule has 2 aliphatic rings. The summed E-state index contributed by atoms with van der Waals surface area (Å²) in [6, 6.07) is 33.5. The quantitative estimate of drug-likeness (QED) is 0.180. The molecule has 2 aliphatic carbocycles. The SMILES string of the molecule is CC(C)(C)c1c[c-]c2c(c1)-c1cccc(C(C)(C)C)c1C2.C[Si](C)(C)c1ccc([C](=[Zr+2])c2ccc([Si](C)(C)C)cc2)cc1.[C-]1=CC=CC1.[Cl-].[Cl-]. The van der Waals surface area contributed by atoms with Crippen LogP contribution in [0.2, 0.25) is 39.3 Å². The zero-order chi connectivity index (χ0) is 35.5. The van der Waals surface area contributed by atoms with Crippen molar-refractivity contribution in [3.05, 3.63) is 143 Å². The van der Waals surface area contributed by atoms with Crippen LogP contribution in [0, 0.1) is 12.1 Å². The molecule has 0 fully saturated rings. The van der Waals surface area contributed by atoms with Crippen LogP contribution in [-0.2, 0) is 41.5 Å². The third-order valence-corrected chi connectivity index (χ3v) is 14.7. The summed E-state index contributed by atoms with van der Waals surface area (Å²) in [6.45, 7) is 28.1. The molecule has 0 aromatic heterocycles. The van der Waals surface area contributed by atoms with Gasteiger partial charge in [-0.3, -0.25) is 6.08 Å². The van der Waals surface area contributed by atoms with Crippen LogP contribution < -0.4 is 35.2 Å². The van der Waals surface area contributed by atoms with Crippen LogP contribution in [0.5, 0.6) is 0 Å². The summed E-state index contributed by atoms with van der Waals surface area (Å²) in [6.07, 6.45) is 11.0. The van der Waals surface area contributed by atoms with Gasteiger partial charge in [-0.25, -0.2) is 12.2 Å². The second-order valence-corrected chi connectivity index (χ2v) is 28.7. The number of benzene rings is 4. The van der Waals surface area contributed by atoms with Crippen LogP contribution in [0.1, 0.15) is 81.3 Å². The van der Waals surface area contributed by atoms with Gasteiger partial charge in [0.1, 0.15) is 0 Å². The maximum atomic E-state index is 3.55. The van der Waals surface area contributed by atoms with Crippen LogP contribution in [0.4, 0.5) is 0 Å². The summed E-state index contributed by atoms with van der Waals surface area (Å²) in [5, 5.41) is 3.07. The summed E-state index contributed by atoms with van der Waals surface area (Å²) in [5.41, 5.74) is 11.6. The number of hydrogen-bond donors (Lipinski definition) is 0. The Hall–Kier alpha value is -1.87. The molecule has 0 radical (unpaired) electrons. The maximum Gasteiger partial charge on any atom is -0.109 e. The molecule has 0 N–H and O–H groups in total. The summed E-state index contributed by atoms with van der Waals surface area (Å²) in [4.78, 5) is 0. The molecule has 0 atom stereocenters. The molecule has 0 nitrogen and oxygen atoms in total. The summed E-state index contributed by atoms with van der Waals surface area (Å²) < 4.78 is 1.46. The van der Waals surface area contributed by atoms with Crippen molar-refractivity contribution in [2.45, 2.75) is 104 Å². The van der Waals surface area contributed by atoms with E-state index in [0.717, 1.165) is 12.8 Å². The first-order valence-electron chi connectivity index (χ1n) is 17.5. The second kappa shape index (κ2) is 17.8. The zero-order valence-corrected chi connectivity index (χ0v) is 38.4. The zero-order valence-electron chi connectivity index (χ0n) is 32.4. The molecule has 0 heterocycles. The first-order valence-corrected chi connectivity index (χ1v) is 25.7. The first-order chi connectivity index (χ1) is 22.3. The smallest absolute Gasteiger partial charge is 0.109 e. The van der Waals surface area contributed by atoms with Gasteiger partial charge in [0.15, 0.2) is 0 Å². The second-order valence-electron chi connectivity index (χ2n) is 17.3. The Kier molecular flexibility index (Phi) is 15.7. The summed E-state index contributed by atoms with van der Waals surface area (Å²) in [5.74, 6) is 0. The van der Waals surface area contributed by atoms with Gasteiger partial charge in [-0.1, -0.05) is 70.7 Å². The van der Waals surface area contributed by atoms with E-state index in [4.69, 9.17) is 0 Å². The van der Waals surface area contributed by atoms with E-state index in [-0.39, 0.29) is 35.6 Å². The molecule has 4 aromatic carbocycles. The van der Waals surface area contributed by atoms with Crippen LogP contribution >= 0.6 is 0 Å². The molecule has 264 valence electrons. The first kappa shape index (κ1) is 44.3. The summed E-state index contributed by atoms with van der Waals surface area (Å²) >= 11 is 1.48. The fourth-order valence-corrected chi connectivity index (χ4v) is 9.19. The Bertz CT molecular complexity index is 1720. The Labute approximate surface area is 334 Å². The molecule has 0 saturated carbocycles. The minimum atomic E-state index is -1.20. The molecule has 6 rings (SSSR count). The van der Waals surface area contributed by atoms with Crippen LogP contribution in [0.25, 0.3) is 11.1 Å². The number of rotatable bonds is 4. The topological polar surface area (TPSA) is 0 Å². The van der Waals surface area contributed by atoms with Crippen molar-refractivity contribution in [3.63, 3.8) is 0 Å². The summed E-state index contributed by atoms with van der Waals surface area (Å²) in [7, 11) is -2.39. The molecule has 0 unspecified atom stereocenters. The fraction of sp³-hybridized carbons (Fsp3) is 0.356. The van der Waals surface area contributed by atoms with E-state index < -0.39 is 16.1 Å². The van der Waals surface area contributed by atoms with Gasteiger partial charge in [0.05, 0.1) is 0 Å². The van der Waals surface area contributed by atoms with E-state index in [2.05, 4.69) is 178 Å². The third kappa shape index (κ3) is 11.6. The fourth-order valence-electron chi connectivity index (χ4n) is 6.04. The molecule has 0 amide bonds.